The SMILES string of the molecule is CC(C)(CN)CN(Cc1cccc(NC(=O)OCc2ccccc2)c1)C(=O)c1ccc(C#N)cc1. The molecule has 0 saturated heterocycles. The summed E-state index contributed by atoms with van der Waals surface area (Å²) in [7, 11) is 0. The van der Waals surface area contributed by atoms with Gasteiger partial charge in [-0.05, 0) is 59.5 Å². The number of ether oxygens (including phenoxy) is 1. The third kappa shape index (κ3) is 7.70. The first-order valence-corrected chi connectivity index (χ1v) is 11.4. The Morgan fingerprint density at radius 3 is 2.34 bits per heavy atom. The van der Waals surface area contributed by atoms with Crippen LogP contribution in [0.4, 0.5) is 10.5 Å². The quantitative estimate of drug-likeness (QED) is 0.461. The number of nitrogens with one attached hydrogen (secondary N) is 1. The maximum absolute atomic E-state index is 13.3. The predicted octanol–water partition coefficient (Wildman–Crippen LogP) is 4.93. The van der Waals surface area contributed by atoms with Gasteiger partial charge in [0.2, 0.25) is 0 Å². The van der Waals surface area contributed by atoms with Crippen LogP contribution < -0.4 is 11.1 Å². The fourth-order valence-corrected chi connectivity index (χ4v) is 3.50. The van der Waals surface area contributed by atoms with Crippen LogP contribution in [0.25, 0.3) is 0 Å². The number of benzene rings is 3. The molecule has 0 unspecified atom stereocenters. The van der Waals surface area contributed by atoms with Gasteiger partial charge < -0.3 is 15.4 Å². The number of carbonyl (C=O) groups is 2. The normalized spacial score (nSPS) is 10.8. The van der Waals surface area contributed by atoms with Crippen LogP contribution in [0.1, 0.15) is 40.9 Å². The highest BCUT2D eigenvalue weighted by molar-refractivity contribution is 5.94. The molecule has 180 valence electrons. The van der Waals surface area contributed by atoms with Gasteiger partial charge in [0.25, 0.3) is 5.91 Å². The maximum atomic E-state index is 13.3. The number of nitrogens with two attached hydrogens (primary N) is 1. The van der Waals surface area contributed by atoms with Crippen molar-refractivity contribution in [3.8, 4) is 6.07 Å². The van der Waals surface area contributed by atoms with Crippen molar-refractivity contribution in [1.82, 2.24) is 4.90 Å². The first kappa shape index (κ1) is 25.5. The minimum absolute atomic E-state index is 0.156. The van der Waals surface area contributed by atoms with E-state index in [1.54, 1.807) is 35.2 Å². The summed E-state index contributed by atoms with van der Waals surface area (Å²) >= 11 is 0. The molecule has 7 nitrogen and oxygen atoms in total. The summed E-state index contributed by atoms with van der Waals surface area (Å²) in [5.41, 5.74) is 8.96. The lowest BCUT2D eigenvalue weighted by atomic mass is 9.92. The van der Waals surface area contributed by atoms with Crippen LogP contribution in [-0.4, -0.2) is 30.0 Å². The van der Waals surface area contributed by atoms with E-state index in [4.69, 9.17) is 15.7 Å². The monoisotopic (exact) mass is 470 g/mol. The number of carbonyl (C=O) groups excluding carboxylic acids is 2. The average molecular weight is 471 g/mol. The van der Waals surface area contributed by atoms with Crippen LogP contribution in [-0.2, 0) is 17.9 Å². The molecule has 3 N–H and O–H groups in total. The molecule has 0 saturated carbocycles. The molecule has 0 fully saturated rings. The van der Waals surface area contributed by atoms with Crippen LogP contribution in [0.3, 0.4) is 0 Å². The maximum Gasteiger partial charge on any atom is 0.411 e. The number of anilines is 1. The largest absolute Gasteiger partial charge is 0.444 e. The lowest BCUT2D eigenvalue weighted by Crippen LogP contribution is -2.41. The van der Waals surface area contributed by atoms with E-state index in [1.807, 2.05) is 62.4 Å². The molecule has 35 heavy (non-hydrogen) atoms. The van der Waals surface area contributed by atoms with Crippen LogP contribution in [0.2, 0.25) is 0 Å². The molecule has 0 aliphatic rings. The smallest absolute Gasteiger partial charge is 0.411 e. The second-order valence-corrected chi connectivity index (χ2v) is 9.11. The number of hydrogen-bond acceptors (Lipinski definition) is 5. The Labute approximate surface area is 206 Å². The van der Waals surface area contributed by atoms with E-state index >= 15 is 0 Å². The van der Waals surface area contributed by atoms with Crippen molar-refractivity contribution in [1.29, 1.82) is 5.26 Å². The average Bonchev–Trinajstić information content (AvgIpc) is 2.87. The second kappa shape index (κ2) is 11.8. The van der Waals surface area contributed by atoms with Crippen molar-refractivity contribution in [2.75, 3.05) is 18.4 Å². The lowest BCUT2D eigenvalue weighted by molar-refractivity contribution is 0.0673. The van der Waals surface area contributed by atoms with E-state index < -0.39 is 6.09 Å². The summed E-state index contributed by atoms with van der Waals surface area (Å²) < 4.78 is 5.30. The highest BCUT2D eigenvalue weighted by Crippen LogP contribution is 2.21. The van der Waals surface area contributed by atoms with Gasteiger partial charge in [0.15, 0.2) is 0 Å². The summed E-state index contributed by atoms with van der Waals surface area (Å²) in [5.74, 6) is -0.156. The van der Waals surface area contributed by atoms with Crippen molar-refractivity contribution in [3.05, 3.63) is 101 Å². The van der Waals surface area contributed by atoms with E-state index in [1.165, 1.54) is 0 Å². The molecule has 3 rings (SSSR count). The van der Waals surface area contributed by atoms with Gasteiger partial charge in [-0.1, -0.05) is 56.3 Å². The van der Waals surface area contributed by atoms with Crippen molar-refractivity contribution in [2.45, 2.75) is 27.0 Å². The standard InChI is InChI=1S/C28H30N4O3/c1-28(2,19-30)20-32(26(33)24-13-11-21(16-29)12-14-24)17-23-9-6-10-25(15-23)31-27(34)35-18-22-7-4-3-5-8-22/h3-15H,17-20,30H2,1-2H3,(H,31,34). The highest BCUT2D eigenvalue weighted by atomic mass is 16.5. The highest BCUT2D eigenvalue weighted by Gasteiger charge is 2.25. The van der Waals surface area contributed by atoms with Gasteiger partial charge in [0, 0.05) is 24.3 Å². The van der Waals surface area contributed by atoms with Crippen molar-refractivity contribution >= 4 is 17.7 Å². The fraction of sp³-hybridized carbons (Fsp3) is 0.250. The Morgan fingerprint density at radius 1 is 1.00 bits per heavy atom. The molecule has 2 amide bonds. The zero-order valence-corrected chi connectivity index (χ0v) is 20.0. The minimum Gasteiger partial charge on any atom is -0.444 e. The molecule has 0 bridgehead atoms. The predicted molar refractivity (Wildman–Crippen MR) is 135 cm³/mol. The van der Waals surface area contributed by atoms with E-state index in [9.17, 15) is 9.59 Å². The topological polar surface area (TPSA) is 108 Å². The van der Waals surface area contributed by atoms with Gasteiger partial charge >= 0.3 is 6.09 Å². The molecule has 0 aliphatic heterocycles. The number of rotatable bonds is 9. The van der Waals surface area contributed by atoms with Crippen LogP contribution in [0.5, 0.6) is 0 Å². The van der Waals surface area contributed by atoms with Gasteiger partial charge in [-0.2, -0.15) is 5.26 Å². The van der Waals surface area contributed by atoms with Crippen molar-refractivity contribution < 1.29 is 14.3 Å². The summed E-state index contributed by atoms with van der Waals surface area (Å²) in [6, 6.07) is 25.4. The first-order chi connectivity index (χ1) is 16.8. The molecule has 0 spiro atoms. The Morgan fingerprint density at radius 2 is 1.69 bits per heavy atom. The van der Waals surface area contributed by atoms with Gasteiger partial charge in [0.05, 0.1) is 11.6 Å². The summed E-state index contributed by atoms with van der Waals surface area (Å²) in [6.45, 7) is 5.38. The van der Waals surface area contributed by atoms with Crippen LogP contribution in [0, 0.1) is 16.7 Å². The van der Waals surface area contributed by atoms with E-state index in [0.29, 0.717) is 36.4 Å². The summed E-state index contributed by atoms with van der Waals surface area (Å²) in [5, 5.41) is 11.8. The molecule has 0 aliphatic carbocycles. The zero-order chi connectivity index (χ0) is 25.3. The lowest BCUT2D eigenvalue weighted by Gasteiger charge is -2.32. The number of nitrogens with zero attached hydrogens (tertiary/aromatic N) is 2. The molecular weight excluding hydrogens is 440 g/mol. The number of nitriles is 1. The Balaban J connectivity index is 1.71. The van der Waals surface area contributed by atoms with E-state index in [0.717, 1.165) is 11.1 Å². The van der Waals surface area contributed by atoms with Gasteiger partial charge in [-0.25, -0.2) is 4.79 Å². The van der Waals surface area contributed by atoms with Gasteiger partial charge in [0.1, 0.15) is 6.61 Å². The van der Waals surface area contributed by atoms with Crippen LogP contribution in [0.15, 0.2) is 78.9 Å². The van der Waals surface area contributed by atoms with Crippen LogP contribution >= 0.6 is 0 Å². The third-order valence-corrected chi connectivity index (χ3v) is 5.48. The van der Waals surface area contributed by atoms with Gasteiger partial charge in [-0.3, -0.25) is 10.1 Å². The molecule has 0 atom stereocenters. The molecule has 3 aromatic carbocycles. The van der Waals surface area contributed by atoms with E-state index in [-0.39, 0.29) is 17.9 Å². The number of hydrogen-bond donors (Lipinski definition) is 2. The molecule has 7 heteroatoms. The zero-order valence-electron chi connectivity index (χ0n) is 20.0. The minimum atomic E-state index is -0.555. The molecule has 0 heterocycles. The molecular formula is C28H30N4O3. The van der Waals surface area contributed by atoms with E-state index in [2.05, 4.69) is 11.4 Å². The summed E-state index contributed by atoms with van der Waals surface area (Å²) in [4.78, 5) is 27.3. The Kier molecular flexibility index (Phi) is 8.60. The molecule has 3 aromatic rings. The molecule has 0 aromatic heterocycles. The second-order valence-electron chi connectivity index (χ2n) is 9.11. The first-order valence-electron chi connectivity index (χ1n) is 11.4. The molecule has 0 radical (unpaired) electrons. The fourth-order valence-electron chi connectivity index (χ4n) is 3.50. The van der Waals surface area contributed by atoms with Gasteiger partial charge in [-0.15, -0.1) is 0 Å². The third-order valence-electron chi connectivity index (χ3n) is 5.48. The Hall–Kier alpha value is -4.15. The Bertz CT molecular complexity index is 1180. The number of amides is 2. The summed E-state index contributed by atoms with van der Waals surface area (Å²) in [6.07, 6.45) is -0.555. The van der Waals surface area contributed by atoms with Crippen molar-refractivity contribution in [3.63, 3.8) is 0 Å². The van der Waals surface area contributed by atoms with Crippen molar-refractivity contribution in [2.24, 2.45) is 11.1 Å².